The van der Waals surface area contributed by atoms with E-state index in [9.17, 15) is 9.59 Å². The summed E-state index contributed by atoms with van der Waals surface area (Å²) in [6, 6.07) is 20.6. The van der Waals surface area contributed by atoms with Crippen molar-refractivity contribution in [2.24, 2.45) is 0 Å². The topological polar surface area (TPSA) is 70.2 Å². The van der Waals surface area contributed by atoms with Crippen LogP contribution in [0.4, 0.5) is 11.4 Å². The van der Waals surface area contributed by atoms with Crippen molar-refractivity contribution in [3.05, 3.63) is 94.0 Å². The second kappa shape index (κ2) is 10.1. The second-order valence-electron chi connectivity index (χ2n) is 7.66. The Morgan fingerprint density at radius 3 is 2.56 bits per heavy atom. The largest absolute Gasteiger partial charge is 0.371 e. The van der Waals surface area contributed by atoms with Gasteiger partial charge < -0.3 is 16.0 Å². The van der Waals surface area contributed by atoms with Crippen LogP contribution in [0, 0.1) is 6.92 Å². The highest BCUT2D eigenvalue weighted by atomic mass is 35.5. The molecule has 32 heavy (non-hydrogen) atoms. The fourth-order valence-corrected chi connectivity index (χ4v) is 4.82. The molecule has 0 radical (unpaired) electrons. The Bertz CT molecular complexity index is 1150. The number of amides is 2. The molecule has 4 rings (SSSR count). The van der Waals surface area contributed by atoms with Gasteiger partial charge in [-0.3, -0.25) is 9.59 Å². The summed E-state index contributed by atoms with van der Waals surface area (Å²) in [5, 5.41) is 9.71. The molecule has 3 aromatic rings. The first-order valence-corrected chi connectivity index (χ1v) is 11.9. The third-order valence-electron chi connectivity index (χ3n) is 5.39. The minimum absolute atomic E-state index is 0.0941. The molecule has 0 saturated carbocycles. The number of thioether (sulfide) groups is 1. The van der Waals surface area contributed by atoms with Gasteiger partial charge >= 0.3 is 0 Å². The summed E-state index contributed by atoms with van der Waals surface area (Å²) in [6.07, 6.45) is 0. The number of hydrogen-bond donors (Lipinski definition) is 3. The van der Waals surface area contributed by atoms with E-state index in [-0.39, 0.29) is 17.9 Å². The molecule has 164 valence electrons. The highest BCUT2D eigenvalue weighted by Gasteiger charge is 2.26. The zero-order valence-electron chi connectivity index (χ0n) is 17.7. The lowest BCUT2D eigenvalue weighted by Crippen LogP contribution is -2.40. The molecule has 0 bridgehead atoms. The van der Waals surface area contributed by atoms with Crippen LogP contribution in [0.3, 0.4) is 0 Å². The Hall–Kier alpha value is -2.96. The molecular weight excluding hydrogens is 442 g/mol. The molecule has 1 unspecified atom stereocenters. The number of nitrogens with one attached hydrogen (secondary N) is 3. The van der Waals surface area contributed by atoms with Gasteiger partial charge in [-0.25, -0.2) is 0 Å². The van der Waals surface area contributed by atoms with Crippen molar-refractivity contribution in [3.63, 3.8) is 0 Å². The van der Waals surface area contributed by atoms with E-state index in [2.05, 4.69) is 35.0 Å². The molecule has 7 heteroatoms. The van der Waals surface area contributed by atoms with Crippen LogP contribution < -0.4 is 16.0 Å². The summed E-state index contributed by atoms with van der Waals surface area (Å²) < 4.78 is 0. The molecule has 1 aliphatic rings. The normalized spacial score (nSPS) is 14.8. The van der Waals surface area contributed by atoms with Crippen LogP contribution in [0.5, 0.6) is 0 Å². The number of fused-ring (bicyclic) bond motifs is 1. The van der Waals surface area contributed by atoms with E-state index in [1.807, 2.05) is 36.4 Å². The lowest BCUT2D eigenvalue weighted by molar-refractivity contribution is -0.116. The number of hydrogen-bond acceptors (Lipinski definition) is 4. The molecule has 5 nitrogen and oxygen atoms in total. The Kier molecular flexibility index (Phi) is 7.02. The molecule has 1 aliphatic heterocycles. The minimum Gasteiger partial charge on any atom is -0.371 e. The van der Waals surface area contributed by atoms with Gasteiger partial charge in [0.25, 0.3) is 5.91 Å². The lowest BCUT2D eigenvalue weighted by Gasteiger charge is -2.27. The van der Waals surface area contributed by atoms with Gasteiger partial charge in [-0.2, -0.15) is 11.8 Å². The Morgan fingerprint density at radius 1 is 1.03 bits per heavy atom. The van der Waals surface area contributed by atoms with E-state index in [0.717, 1.165) is 17.0 Å². The fourth-order valence-electron chi connectivity index (χ4n) is 3.48. The van der Waals surface area contributed by atoms with Gasteiger partial charge in [0.2, 0.25) is 5.91 Å². The maximum Gasteiger partial charge on any atom is 0.251 e. The average Bonchev–Trinajstić information content (AvgIpc) is 2.79. The second-order valence-corrected chi connectivity index (χ2v) is 9.10. The lowest BCUT2D eigenvalue weighted by atomic mass is 10.1. The van der Waals surface area contributed by atoms with E-state index < -0.39 is 0 Å². The number of aryl methyl sites for hydroxylation is 1. The maximum absolute atomic E-state index is 12.6. The zero-order chi connectivity index (χ0) is 22.5. The minimum atomic E-state index is -0.323. The van der Waals surface area contributed by atoms with Crippen LogP contribution in [0.15, 0.2) is 66.7 Å². The SMILES string of the molecule is Cc1ccccc1CSCC1Nc2ccc(C(=O)NCc3ccccc3Cl)cc2NC1=O. The molecule has 0 aliphatic carbocycles. The molecule has 1 heterocycles. The van der Waals surface area contributed by atoms with E-state index in [0.29, 0.717) is 28.6 Å². The predicted octanol–water partition coefficient (Wildman–Crippen LogP) is 5.24. The molecule has 3 aromatic carbocycles. The molecule has 0 fully saturated rings. The van der Waals surface area contributed by atoms with Crippen LogP contribution in [-0.4, -0.2) is 23.6 Å². The van der Waals surface area contributed by atoms with Crippen molar-refractivity contribution in [1.29, 1.82) is 0 Å². The molecule has 0 saturated heterocycles. The predicted molar refractivity (Wildman–Crippen MR) is 132 cm³/mol. The number of carbonyl (C=O) groups is 2. The van der Waals surface area contributed by atoms with Crippen molar-refractivity contribution in [3.8, 4) is 0 Å². The highest BCUT2D eigenvalue weighted by Crippen LogP contribution is 2.29. The Morgan fingerprint density at radius 2 is 1.78 bits per heavy atom. The fraction of sp³-hybridized carbons (Fsp3) is 0.200. The van der Waals surface area contributed by atoms with Gasteiger partial charge in [0.05, 0.1) is 11.4 Å². The van der Waals surface area contributed by atoms with Gasteiger partial charge in [0, 0.05) is 28.6 Å². The highest BCUT2D eigenvalue weighted by molar-refractivity contribution is 7.98. The molecule has 2 amide bonds. The van der Waals surface area contributed by atoms with Crippen LogP contribution in [0.2, 0.25) is 5.02 Å². The van der Waals surface area contributed by atoms with Crippen molar-refractivity contribution >= 4 is 46.6 Å². The summed E-state index contributed by atoms with van der Waals surface area (Å²) in [6.45, 7) is 2.43. The van der Waals surface area contributed by atoms with Crippen LogP contribution in [-0.2, 0) is 17.1 Å². The Labute approximate surface area is 196 Å². The average molecular weight is 466 g/mol. The molecule has 1 atom stereocenters. The summed E-state index contributed by atoms with van der Waals surface area (Å²) in [4.78, 5) is 25.2. The smallest absolute Gasteiger partial charge is 0.251 e. The van der Waals surface area contributed by atoms with Gasteiger partial charge in [-0.1, -0.05) is 54.1 Å². The number of rotatable bonds is 7. The van der Waals surface area contributed by atoms with Crippen molar-refractivity contribution in [2.45, 2.75) is 25.3 Å². The van der Waals surface area contributed by atoms with Gasteiger partial charge in [-0.05, 0) is 47.9 Å². The summed E-state index contributed by atoms with van der Waals surface area (Å²) in [5.74, 6) is 1.19. The molecule has 0 spiro atoms. The number of carbonyl (C=O) groups excluding carboxylic acids is 2. The molecule has 0 aromatic heterocycles. The third kappa shape index (κ3) is 5.26. The Balaban J connectivity index is 1.35. The summed E-state index contributed by atoms with van der Waals surface area (Å²) >= 11 is 7.87. The quantitative estimate of drug-likeness (QED) is 0.446. The van der Waals surface area contributed by atoms with Gasteiger partial charge in [0.15, 0.2) is 0 Å². The maximum atomic E-state index is 12.6. The number of halogens is 1. The zero-order valence-corrected chi connectivity index (χ0v) is 19.2. The van der Waals surface area contributed by atoms with Crippen LogP contribution in [0.1, 0.15) is 27.0 Å². The van der Waals surface area contributed by atoms with Gasteiger partial charge in [-0.15, -0.1) is 0 Å². The third-order valence-corrected chi connectivity index (χ3v) is 6.84. The molecular formula is C25H24ClN3O2S. The van der Waals surface area contributed by atoms with E-state index in [1.165, 1.54) is 11.1 Å². The van der Waals surface area contributed by atoms with E-state index in [1.54, 1.807) is 30.0 Å². The van der Waals surface area contributed by atoms with Crippen molar-refractivity contribution < 1.29 is 9.59 Å². The monoisotopic (exact) mass is 465 g/mol. The first-order chi connectivity index (χ1) is 15.5. The first-order valence-electron chi connectivity index (χ1n) is 10.4. The van der Waals surface area contributed by atoms with Crippen molar-refractivity contribution in [2.75, 3.05) is 16.4 Å². The van der Waals surface area contributed by atoms with Crippen molar-refractivity contribution in [1.82, 2.24) is 5.32 Å². The standard InChI is InChI=1S/C25H24ClN3O2S/c1-16-6-2-3-8-19(16)14-32-15-23-25(31)29-22-12-17(10-11-21(22)28-23)24(30)27-13-18-7-4-5-9-20(18)26/h2-12,23,28H,13-15H2,1H3,(H,27,30)(H,29,31). The van der Waals surface area contributed by atoms with E-state index in [4.69, 9.17) is 11.6 Å². The van der Waals surface area contributed by atoms with Crippen LogP contribution >= 0.6 is 23.4 Å². The molecule has 3 N–H and O–H groups in total. The van der Waals surface area contributed by atoms with Crippen LogP contribution in [0.25, 0.3) is 0 Å². The summed E-state index contributed by atoms with van der Waals surface area (Å²) in [7, 11) is 0. The summed E-state index contributed by atoms with van der Waals surface area (Å²) in [5.41, 5.74) is 5.29. The van der Waals surface area contributed by atoms with E-state index >= 15 is 0 Å². The number of benzene rings is 3. The number of anilines is 2. The first kappa shape index (κ1) is 22.2. The van der Waals surface area contributed by atoms with Gasteiger partial charge in [0.1, 0.15) is 6.04 Å².